The van der Waals surface area contributed by atoms with Gasteiger partial charge in [0.05, 0.1) is 0 Å². The van der Waals surface area contributed by atoms with E-state index in [2.05, 4.69) is 9.71 Å². The summed E-state index contributed by atoms with van der Waals surface area (Å²) in [6.07, 6.45) is 3.99. The second-order valence-electron chi connectivity index (χ2n) is 5.35. The molecule has 0 aliphatic heterocycles. The van der Waals surface area contributed by atoms with Gasteiger partial charge in [-0.25, -0.2) is 22.5 Å². The van der Waals surface area contributed by atoms with Gasteiger partial charge in [0.25, 0.3) is 10.0 Å². The molecule has 4 nitrogen and oxygen atoms in total. The summed E-state index contributed by atoms with van der Waals surface area (Å²) in [5.41, 5.74) is -0.0989. The minimum Gasteiger partial charge on any atom is -0.241 e. The first-order chi connectivity index (χ1) is 8.33. The van der Waals surface area contributed by atoms with Crippen molar-refractivity contribution in [2.24, 2.45) is 5.41 Å². The summed E-state index contributed by atoms with van der Waals surface area (Å²) in [6, 6.07) is 2.30. The molecule has 1 heterocycles. The summed E-state index contributed by atoms with van der Waals surface area (Å²) >= 11 is 0. The Labute approximate surface area is 107 Å². The fourth-order valence-electron chi connectivity index (χ4n) is 2.36. The van der Waals surface area contributed by atoms with E-state index in [9.17, 15) is 12.8 Å². The molecule has 6 heteroatoms. The van der Waals surface area contributed by atoms with Crippen molar-refractivity contribution in [2.45, 2.75) is 44.2 Å². The number of hydrogen-bond acceptors (Lipinski definition) is 3. The van der Waals surface area contributed by atoms with Crippen LogP contribution in [-0.2, 0) is 10.0 Å². The SMILES string of the molecule is CC1(C)CCCC1NS(=O)(=O)c1ncccc1F. The minimum atomic E-state index is -3.88. The highest BCUT2D eigenvalue weighted by molar-refractivity contribution is 7.89. The normalized spacial score (nSPS) is 23.2. The predicted molar refractivity (Wildman–Crippen MR) is 65.9 cm³/mol. The highest BCUT2D eigenvalue weighted by Crippen LogP contribution is 2.37. The summed E-state index contributed by atoms with van der Waals surface area (Å²) < 4.78 is 40.2. The van der Waals surface area contributed by atoms with Crippen molar-refractivity contribution in [3.05, 3.63) is 24.1 Å². The van der Waals surface area contributed by atoms with Crippen LogP contribution < -0.4 is 4.72 Å². The summed E-state index contributed by atoms with van der Waals surface area (Å²) in [7, 11) is -3.88. The Morgan fingerprint density at radius 1 is 1.50 bits per heavy atom. The highest BCUT2D eigenvalue weighted by Gasteiger charge is 2.38. The maximum Gasteiger partial charge on any atom is 0.261 e. The van der Waals surface area contributed by atoms with Gasteiger partial charge in [-0.3, -0.25) is 0 Å². The fraction of sp³-hybridized carbons (Fsp3) is 0.583. The lowest BCUT2D eigenvalue weighted by Gasteiger charge is -2.27. The highest BCUT2D eigenvalue weighted by atomic mass is 32.2. The van der Waals surface area contributed by atoms with E-state index in [1.165, 1.54) is 12.3 Å². The van der Waals surface area contributed by atoms with Crippen LogP contribution in [0.4, 0.5) is 4.39 Å². The lowest BCUT2D eigenvalue weighted by molar-refractivity contribution is 0.312. The summed E-state index contributed by atoms with van der Waals surface area (Å²) in [6.45, 7) is 4.03. The van der Waals surface area contributed by atoms with Crippen LogP contribution in [0.1, 0.15) is 33.1 Å². The Balaban J connectivity index is 2.26. The van der Waals surface area contributed by atoms with Crippen LogP contribution in [0.25, 0.3) is 0 Å². The first-order valence-corrected chi connectivity index (χ1v) is 7.44. The predicted octanol–water partition coefficient (Wildman–Crippen LogP) is 2.08. The van der Waals surface area contributed by atoms with E-state index in [4.69, 9.17) is 0 Å². The molecule has 1 aromatic rings. The van der Waals surface area contributed by atoms with Crippen LogP contribution in [-0.4, -0.2) is 19.4 Å². The average molecular weight is 272 g/mol. The summed E-state index contributed by atoms with van der Waals surface area (Å²) in [5.74, 6) is -0.819. The molecule has 0 saturated heterocycles. The Bertz CT molecular complexity index is 543. The maximum atomic E-state index is 13.5. The standard InChI is InChI=1S/C12H17FN2O2S/c1-12(2)7-3-6-10(12)15-18(16,17)11-9(13)5-4-8-14-11/h4-5,8,10,15H,3,6-7H2,1-2H3. The molecule has 1 N–H and O–H groups in total. The van der Waals surface area contributed by atoms with E-state index < -0.39 is 20.9 Å². The van der Waals surface area contributed by atoms with Crippen molar-refractivity contribution < 1.29 is 12.8 Å². The molecule has 100 valence electrons. The first kappa shape index (κ1) is 13.4. The molecule has 0 aromatic carbocycles. The van der Waals surface area contributed by atoms with Gasteiger partial charge in [-0.15, -0.1) is 0 Å². The van der Waals surface area contributed by atoms with Gasteiger partial charge in [0.2, 0.25) is 5.03 Å². The van der Waals surface area contributed by atoms with Gasteiger partial charge in [0.15, 0.2) is 5.82 Å². The average Bonchev–Trinajstić information content (AvgIpc) is 2.58. The zero-order valence-corrected chi connectivity index (χ0v) is 11.3. The molecule has 0 bridgehead atoms. The monoisotopic (exact) mass is 272 g/mol. The van der Waals surface area contributed by atoms with Crippen molar-refractivity contribution >= 4 is 10.0 Å². The van der Waals surface area contributed by atoms with Gasteiger partial charge < -0.3 is 0 Å². The van der Waals surface area contributed by atoms with E-state index in [-0.39, 0.29) is 11.5 Å². The number of nitrogens with one attached hydrogen (secondary N) is 1. The molecule has 1 unspecified atom stereocenters. The lowest BCUT2D eigenvalue weighted by atomic mass is 9.88. The van der Waals surface area contributed by atoms with Gasteiger partial charge in [0.1, 0.15) is 0 Å². The molecule has 1 aromatic heterocycles. The van der Waals surface area contributed by atoms with Crippen molar-refractivity contribution in [2.75, 3.05) is 0 Å². The largest absolute Gasteiger partial charge is 0.261 e. The van der Waals surface area contributed by atoms with Gasteiger partial charge >= 0.3 is 0 Å². The Morgan fingerprint density at radius 2 is 2.22 bits per heavy atom. The van der Waals surface area contributed by atoms with Crippen molar-refractivity contribution in [1.29, 1.82) is 0 Å². The van der Waals surface area contributed by atoms with Crippen molar-refractivity contribution in [3.8, 4) is 0 Å². The molecule has 18 heavy (non-hydrogen) atoms. The third kappa shape index (κ3) is 2.54. The second-order valence-corrected chi connectivity index (χ2v) is 6.97. The van der Waals surface area contributed by atoms with Crippen LogP contribution in [0.15, 0.2) is 23.4 Å². The molecule has 0 radical (unpaired) electrons. The fourth-order valence-corrected chi connectivity index (χ4v) is 3.80. The molecular formula is C12H17FN2O2S. The van der Waals surface area contributed by atoms with Crippen LogP contribution in [0, 0.1) is 11.2 Å². The Hall–Kier alpha value is -1.01. The molecular weight excluding hydrogens is 255 g/mol. The number of nitrogens with zero attached hydrogens (tertiary/aromatic N) is 1. The topological polar surface area (TPSA) is 59.1 Å². The van der Waals surface area contributed by atoms with Gasteiger partial charge in [0, 0.05) is 12.2 Å². The number of sulfonamides is 1. The molecule has 2 rings (SSSR count). The number of pyridine rings is 1. The number of hydrogen-bond donors (Lipinski definition) is 1. The van der Waals surface area contributed by atoms with Crippen molar-refractivity contribution in [1.82, 2.24) is 9.71 Å². The number of aromatic nitrogens is 1. The number of rotatable bonds is 3. The Kier molecular flexibility index (Phi) is 3.42. The van der Waals surface area contributed by atoms with Crippen LogP contribution >= 0.6 is 0 Å². The van der Waals surface area contributed by atoms with E-state index >= 15 is 0 Å². The third-order valence-corrected chi connectivity index (χ3v) is 4.94. The number of halogens is 1. The summed E-state index contributed by atoms with van der Waals surface area (Å²) in [5, 5.41) is -0.521. The molecule has 1 aliphatic carbocycles. The van der Waals surface area contributed by atoms with Crippen LogP contribution in [0.3, 0.4) is 0 Å². The molecule has 0 spiro atoms. The lowest BCUT2D eigenvalue weighted by Crippen LogP contribution is -2.41. The van der Waals surface area contributed by atoms with E-state index in [0.29, 0.717) is 0 Å². The third-order valence-electron chi connectivity index (χ3n) is 3.53. The van der Waals surface area contributed by atoms with E-state index in [1.807, 2.05) is 13.8 Å². The van der Waals surface area contributed by atoms with E-state index in [0.717, 1.165) is 25.3 Å². The van der Waals surface area contributed by atoms with Crippen LogP contribution in [0.2, 0.25) is 0 Å². The first-order valence-electron chi connectivity index (χ1n) is 5.96. The zero-order chi connectivity index (χ0) is 13.4. The second kappa shape index (κ2) is 4.59. The molecule has 1 fully saturated rings. The smallest absolute Gasteiger partial charge is 0.241 e. The van der Waals surface area contributed by atoms with Gasteiger partial charge in [-0.2, -0.15) is 0 Å². The van der Waals surface area contributed by atoms with E-state index in [1.54, 1.807) is 0 Å². The Morgan fingerprint density at radius 3 is 2.78 bits per heavy atom. The van der Waals surface area contributed by atoms with Crippen molar-refractivity contribution in [3.63, 3.8) is 0 Å². The van der Waals surface area contributed by atoms with Crippen LogP contribution in [0.5, 0.6) is 0 Å². The molecule has 1 aliphatic rings. The quantitative estimate of drug-likeness (QED) is 0.916. The maximum absolute atomic E-state index is 13.5. The minimum absolute atomic E-state index is 0.0989. The molecule has 0 amide bonds. The summed E-state index contributed by atoms with van der Waals surface area (Å²) in [4.78, 5) is 3.61. The molecule has 1 atom stereocenters. The van der Waals surface area contributed by atoms with Gasteiger partial charge in [-0.1, -0.05) is 20.3 Å². The molecule has 1 saturated carbocycles. The van der Waals surface area contributed by atoms with Gasteiger partial charge in [-0.05, 0) is 30.4 Å². The zero-order valence-electron chi connectivity index (χ0n) is 10.5.